The summed E-state index contributed by atoms with van der Waals surface area (Å²) in [6.45, 7) is 7.21. The van der Waals surface area contributed by atoms with Crippen molar-refractivity contribution < 1.29 is 19.2 Å². The molecular weight excluding hydrogens is 236 g/mol. The van der Waals surface area contributed by atoms with Gasteiger partial charge < -0.3 is 14.4 Å². The van der Waals surface area contributed by atoms with Crippen LogP contribution in [0.15, 0.2) is 4.52 Å². The average Bonchev–Trinajstić information content (AvgIpc) is 2.75. The van der Waals surface area contributed by atoms with Gasteiger partial charge in [0.1, 0.15) is 6.10 Å². The molecule has 1 aromatic rings. The quantitative estimate of drug-likeness (QED) is 0.838. The lowest BCUT2D eigenvalue weighted by molar-refractivity contribution is -0.150. The molecule has 0 radical (unpaired) electrons. The van der Waals surface area contributed by atoms with E-state index >= 15 is 0 Å². The van der Waals surface area contributed by atoms with Gasteiger partial charge >= 0.3 is 5.97 Å². The van der Waals surface area contributed by atoms with Crippen LogP contribution in [0.25, 0.3) is 0 Å². The molecular formula is C12H20N2O4. The molecule has 0 amide bonds. The number of aromatic nitrogens is 2. The third-order valence-electron chi connectivity index (χ3n) is 3.48. The van der Waals surface area contributed by atoms with Gasteiger partial charge in [-0.1, -0.05) is 19.0 Å². The second-order valence-electron chi connectivity index (χ2n) is 4.98. The molecule has 6 heteroatoms. The van der Waals surface area contributed by atoms with Crippen LogP contribution in [-0.4, -0.2) is 28.3 Å². The van der Waals surface area contributed by atoms with E-state index in [0.717, 1.165) is 0 Å². The van der Waals surface area contributed by atoms with Crippen molar-refractivity contribution in [1.29, 1.82) is 0 Å². The van der Waals surface area contributed by atoms with Crippen LogP contribution < -0.4 is 0 Å². The number of rotatable bonds is 6. The summed E-state index contributed by atoms with van der Waals surface area (Å²) in [6.07, 6.45) is -0.0543. The van der Waals surface area contributed by atoms with E-state index in [0.29, 0.717) is 11.7 Å². The second kappa shape index (κ2) is 5.48. The summed E-state index contributed by atoms with van der Waals surface area (Å²) in [6, 6.07) is 0. The highest BCUT2D eigenvalue weighted by Gasteiger charge is 2.38. The molecule has 0 bridgehead atoms. The Morgan fingerprint density at radius 1 is 1.50 bits per heavy atom. The zero-order valence-corrected chi connectivity index (χ0v) is 11.4. The highest BCUT2D eigenvalue weighted by atomic mass is 16.5. The summed E-state index contributed by atoms with van der Waals surface area (Å²) in [5.74, 6) is -0.140. The molecule has 2 atom stereocenters. The first-order valence-corrected chi connectivity index (χ1v) is 5.90. The Morgan fingerprint density at radius 2 is 2.11 bits per heavy atom. The molecule has 0 saturated heterocycles. The van der Waals surface area contributed by atoms with Crippen LogP contribution >= 0.6 is 0 Å². The fraction of sp³-hybridized carbons (Fsp3) is 0.750. The maximum absolute atomic E-state index is 11.3. The molecule has 0 fully saturated rings. The topological polar surface area (TPSA) is 85.5 Å². The molecule has 102 valence electrons. The number of aliphatic carboxylic acids is 1. The minimum atomic E-state index is -0.917. The first-order chi connectivity index (χ1) is 8.31. The molecule has 0 aromatic carbocycles. The number of carboxylic acids is 1. The molecule has 6 nitrogen and oxygen atoms in total. The minimum Gasteiger partial charge on any atom is -0.481 e. The molecule has 1 N–H and O–H groups in total. The van der Waals surface area contributed by atoms with Gasteiger partial charge in [0.25, 0.3) is 0 Å². The first kappa shape index (κ1) is 14.6. The zero-order valence-electron chi connectivity index (χ0n) is 11.4. The lowest BCUT2D eigenvalue weighted by atomic mass is 9.76. The predicted octanol–water partition coefficient (Wildman–Crippen LogP) is 2.07. The zero-order chi connectivity index (χ0) is 13.9. The van der Waals surface area contributed by atoms with Crippen molar-refractivity contribution in [3.05, 3.63) is 11.7 Å². The van der Waals surface area contributed by atoms with Gasteiger partial charge in [0.15, 0.2) is 5.82 Å². The van der Waals surface area contributed by atoms with E-state index < -0.39 is 11.4 Å². The normalized spacial score (nSPS) is 16.6. The van der Waals surface area contributed by atoms with E-state index in [2.05, 4.69) is 10.1 Å². The van der Waals surface area contributed by atoms with Gasteiger partial charge in [-0.15, -0.1) is 0 Å². The van der Waals surface area contributed by atoms with E-state index in [1.165, 1.54) is 0 Å². The van der Waals surface area contributed by atoms with Crippen LogP contribution in [0, 0.1) is 11.3 Å². The van der Waals surface area contributed by atoms with Crippen molar-refractivity contribution in [1.82, 2.24) is 10.1 Å². The number of nitrogens with zero attached hydrogens (tertiary/aromatic N) is 2. The van der Waals surface area contributed by atoms with E-state index in [9.17, 15) is 9.90 Å². The van der Waals surface area contributed by atoms with Gasteiger partial charge in [-0.05, 0) is 19.8 Å². The van der Waals surface area contributed by atoms with Crippen molar-refractivity contribution in [3.8, 4) is 0 Å². The standard InChI is InChI=1S/C12H20N2O4/c1-7(2)12(4,11(15)16)6-9-13-10(14-18-9)8(3)17-5/h7-8H,6H2,1-5H3,(H,15,16). The van der Waals surface area contributed by atoms with E-state index in [-0.39, 0.29) is 18.4 Å². The third kappa shape index (κ3) is 2.87. The Morgan fingerprint density at radius 3 is 2.56 bits per heavy atom. The van der Waals surface area contributed by atoms with Crippen molar-refractivity contribution in [3.63, 3.8) is 0 Å². The Bertz CT molecular complexity index is 416. The van der Waals surface area contributed by atoms with Crippen LogP contribution in [0.2, 0.25) is 0 Å². The highest BCUT2D eigenvalue weighted by molar-refractivity contribution is 5.74. The molecule has 18 heavy (non-hydrogen) atoms. The molecule has 1 heterocycles. The molecule has 0 aliphatic rings. The van der Waals surface area contributed by atoms with Gasteiger partial charge in [-0.2, -0.15) is 4.98 Å². The van der Waals surface area contributed by atoms with Crippen LogP contribution in [0.1, 0.15) is 45.5 Å². The Balaban J connectivity index is 2.89. The van der Waals surface area contributed by atoms with E-state index in [1.54, 1.807) is 21.0 Å². The summed E-state index contributed by atoms with van der Waals surface area (Å²) in [5, 5.41) is 13.1. The number of methoxy groups -OCH3 is 1. The largest absolute Gasteiger partial charge is 0.481 e. The summed E-state index contributed by atoms with van der Waals surface area (Å²) >= 11 is 0. The monoisotopic (exact) mass is 256 g/mol. The second-order valence-corrected chi connectivity index (χ2v) is 4.98. The number of hydrogen-bond acceptors (Lipinski definition) is 5. The van der Waals surface area contributed by atoms with Gasteiger partial charge in [0.2, 0.25) is 5.89 Å². The van der Waals surface area contributed by atoms with Crippen molar-refractivity contribution in [2.75, 3.05) is 7.11 Å². The number of ether oxygens (including phenoxy) is 1. The summed E-state index contributed by atoms with van der Waals surface area (Å²) in [5.41, 5.74) is -0.917. The Labute approximate surface area is 106 Å². The van der Waals surface area contributed by atoms with Crippen LogP contribution in [0.3, 0.4) is 0 Å². The lowest BCUT2D eigenvalue weighted by Crippen LogP contribution is -2.35. The van der Waals surface area contributed by atoms with Crippen LogP contribution in [-0.2, 0) is 16.0 Å². The van der Waals surface area contributed by atoms with E-state index in [1.807, 2.05) is 13.8 Å². The molecule has 0 aliphatic heterocycles. The van der Waals surface area contributed by atoms with Gasteiger partial charge in [-0.3, -0.25) is 4.79 Å². The van der Waals surface area contributed by atoms with Gasteiger partial charge in [0.05, 0.1) is 5.41 Å². The van der Waals surface area contributed by atoms with Gasteiger partial charge in [-0.25, -0.2) is 0 Å². The number of hydrogen-bond donors (Lipinski definition) is 1. The average molecular weight is 256 g/mol. The lowest BCUT2D eigenvalue weighted by Gasteiger charge is -2.27. The molecule has 0 saturated carbocycles. The maximum Gasteiger partial charge on any atom is 0.310 e. The van der Waals surface area contributed by atoms with E-state index in [4.69, 9.17) is 9.26 Å². The fourth-order valence-corrected chi connectivity index (χ4v) is 1.45. The smallest absolute Gasteiger partial charge is 0.310 e. The summed E-state index contributed by atoms with van der Waals surface area (Å²) in [7, 11) is 1.55. The first-order valence-electron chi connectivity index (χ1n) is 5.90. The van der Waals surface area contributed by atoms with Crippen molar-refractivity contribution in [2.45, 2.75) is 40.2 Å². The van der Waals surface area contributed by atoms with Crippen LogP contribution in [0.4, 0.5) is 0 Å². The Hall–Kier alpha value is -1.43. The molecule has 1 aromatic heterocycles. The SMILES string of the molecule is COC(C)c1noc(CC(C)(C(=O)O)C(C)C)n1. The summed E-state index contributed by atoms with van der Waals surface area (Å²) in [4.78, 5) is 15.5. The number of carboxylic acid groups (broad SMARTS) is 1. The molecule has 0 spiro atoms. The third-order valence-corrected chi connectivity index (χ3v) is 3.48. The number of carbonyl (C=O) groups is 1. The molecule has 2 unspecified atom stereocenters. The highest BCUT2D eigenvalue weighted by Crippen LogP contribution is 2.31. The molecule has 1 rings (SSSR count). The van der Waals surface area contributed by atoms with Crippen molar-refractivity contribution in [2.24, 2.45) is 11.3 Å². The predicted molar refractivity (Wildman–Crippen MR) is 64.0 cm³/mol. The minimum absolute atomic E-state index is 0.0369. The van der Waals surface area contributed by atoms with Crippen LogP contribution in [0.5, 0.6) is 0 Å². The maximum atomic E-state index is 11.3. The molecule has 0 aliphatic carbocycles. The summed E-state index contributed by atoms with van der Waals surface area (Å²) < 4.78 is 10.2. The fourth-order valence-electron chi connectivity index (χ4n) is 1.45. The van der Waals surface area contributed by atoms with Gasteiger partial charge in [0, 0.05) is 13.5 Å². The Kier molecular flexibility index (Phi) is 4.45. The van der Waals surface area contributed by atoms with Crippen molar-refractivity contribution >= 4 is 5.97 Å².